The number of nitrogens with one attached hydrogen (secondary N) is 2. The molecule has 6 nitrogen and oxygen atoms in total. The molecule has 0 radical (unpaired) electrons. The van der Waals surface area contributed by atoms with Crippen molar-refractivity contribution in [2.24, 2.45) is 4.99 Å². The zero-order chi connectivity index (χ0) is 19.9. The highest BCUT2D eigenvalue weighted by Crippen LogP contribution is 2.09. The van der Waals surface area contributed by atoms with E-state index in [-0.39, 0.29) is 0 Å². The number of ether oxygens (including phenoxy) is 1. The SMILES string of the molecule is CCCOc1ccc(CN=C(NCC)NC(C)CCCN(CC)CC)cn1. The molecule has 0 aliphatic rings. The Labute approximate surface area is 165 Å². The number of aliphatic imine (C=N–C) groups is 1. The van der Waals surface area contributed by atoms with Gasteiger partial charge < -0.3 is 20.3 Å². The normalized spacial score (nSPS) is 12.9. The topological polar surface area (TPSA) is 61.8 Å². The van der Waals surface area contributed by atoms with Crippen LogP contribution >= 0.6 is 0 Å². The second kappa shape index (κ2) is 14.3. The van der Waals surface area contributed by atoms with Gasteiger partial charge in [0, 0.05) is 24.8 Å². The van der Waals surface area contributed by atoms with Crippen LogP contribution in [0.25, 0.3) is 0 Å². The summed E-state index contributed by atoms with van der Waals surface area (Å²) in [5.41, 5.74) is 1.07. The second-order valence-electron chi connectivity index (χ2n) is 6.76. The molecule has 6 heteroatoms. The lowest BCUT2D eigenvalue weighted by atomic mass is 10.2. The number of rotatable bonds is 13. The number of pyridine rings is 1. The molecule has 0 aromatic carbocycles. The molecule has 1 aromatic heterocycles. The molecule has 1 atom stereocenters. The standard InChI is InChI=1S/C21H39N5O/c1-6-15-27-20-13-12-19(16-23-20)17-24-21(22-7-2)25-18(5)11-10-14-26(8-3)9-4/h12-13,16,18H,6-11,14-15,17H2,1-5H3,(H2,22,24,25). The van der Waals surface area contributed by atoms with Crippen LogP contribution in [0.3, 0.4) is 0 Å². The molecule has 154 valence electrons. The highest BCUT2D eigenvalue weighted by atomic mass is 16.5. The maximum atomic E-state index is 5.52. The fourth-order valence-electron chi connectivity index (χ4n) is 2.75. The van der Waals surface area contributed by atoms with E-state index in [9.17, 15) is 0 Å². The molecule has 0 fully saturated rings. The van der Waals surface area contributed by atoms with Crippen molar-refractivity contribution in [3.05, 3.63) is 23.9 Å². The van der Waals surface area contributed by atoms with Gasteiger partial charge in [0.2, 0.25) is 5.88 Å². The minimum atomic E-state index is 0.390. The molecule has 27 heavy (non-hydrogen) atoms. The summed E-state index contributed by atoms with van der Waals surface area (Å²) in [6, 6.07) is 4.33. The first-order valence-corrected chi connectivity index (χ1v) is 10.5. The monoisotopic (exact) mass is 377 g/mol. The van der Waals surface area contributed by atoms with E-state index in [0.29, 0.717) is 25.1 Å². The predicted octanol–water partition coefficient (Wildman–Crippen LogP) is 3.44. The number of hydrogen-bond donors (Lipinski definition) is 2. The van der Waals surface area contributed by atoms with E-state index in [1.165, 1.54) is 6.42 Å². The van der Waals surface area contributed by atoms with Crippen LogP contribution in [0.2, 0.25) is 0 Å². The molecule has 0 saturated carbocycles. The van der Waals surface area contributed by atoms with Gasteiger partial charge in [-0.25, -0.2) is 9.98 Å². The van der Waals surface area contributed by atoms with Gasteiger partial charge in [-0.15, -0.1) is 0 Å². The minimum absolute atomic E-state index is 0.390. The number of nitrogens with zero attached hydrogens (tertiary/aromatic N) is 3. The van der Waals surface area contributed by atoms with E-state index in [1.807, 2.05) is 18.3 Å². The lowest BCUT2D eigenvalue weighted by Crippen LogP contribution is -2.42. The third kappa shape index (κ3) is 10.2. The molecule has 0 saturated heterocycles. The van der Waals surface area contributed by atoms with Crippen molar-refractivity contribution in [2.45, 2.75) is 66.5 Å². The molecule has 1 aromatic rings. The summed E-state index contributed by atoms with van der Waals surface area (Å²) in [6.07, 6.45) is 5.15. The Morgan fingerprint density at radius 1 is 1.22 bits per heavy atom. The summed E-state index contributed by atoms with van der Waals surface area (Å²) in [5.74, 6) is 1.54. The van der Waals surface area contributed by atoms with Gasteiger partial charge in [0.25, 0.3) is 0 Å². The third-order valence-electron chi connectivity index (χ3n) is 4.40. The first kappa shape index (κ1) is 23.2. The van der Waals surface area contributed by atoms with Crippen molar-refractivity contribution >= 4 is 5.96 Å². The van der Waals surface area contributed by atoms with Crippen LogP contribution in [0.1, 0.15) is 59.4 Å². The molecule has 2 N–H and O–H groups in total. The van der Waals surface area contributed by atoms with E-state index in [1.54, 1.807) is 0 Å². The fraction of sp³-hybridized carbons (Fsp3) is 0.714. The van der Waals surface area contributed by atoms with Crippen molar-refractivity contribution in [3.8, 4) is 5.88 Å². The quantitative estimate of drug-likeness (QED) is 0.407. The Kier molecular flexibility index (Phi) is 12.3. The highest BCUT2D eigenvalue weighted by Gasteiger charge is 2.07. The van der Waals surface area contributed by atoms with Crippen molar-refractivity contribution in [1.29, 1.82) is 0 Å². The molecule has 0 amide bonds. The van der Waals surface area contributed by atoms with Crippen LogP contribution in [0.15, 0.2) is 23.3 Å². The maximum absolute atomic E-state index is 5.52. The Morgan fingerprint density at radius 3 is 2.59 bits per heavy atom. The van der Waals surface area contributed by atoms with Crippen LogP contribution in [0.4, 0.5) is 0 Å². The molecular weight excluding hydrogens is 338 g/mol. The van der Waals surface area contributed by atoms with E-state index in [0.717, 1.165) is 50.5 Å². The summed E-state index contributed by atoms with van der Waals surface area (Å²) in [5, 5.41) is 6.84. The summed E-state index contributed by atoms with van der Waals surface area (Å²) in [7, 11) is 0. The number of guanidine groups is 1. The Balaban J connectivity index is 2.48. The van der Waals surface area contributed by atoms with Gasteiger partial charge in [0.05, 0.1) is 13.2 Å². The van der Waals surface area contributed by atoms with Gasteiger partial charge in [-0.3, -0.25) is 0 Å². The fourth-order valence-corrected chi connectivity index (χ4v) is 2.75. The van der Waals surface area contributed by atoms with Crippen LogP contribution < -0.4 is 15.4 Å². The van der Waals surface area contributed by atoms with Crippen LogP contribution in [0, 0.1) is 0 Å². The average Bonchev–Trinajstić information content (AvgIpc) is 2.69. The van der Waals surface area contributed by atoms with Gasteiger partial charge in [0.1, 0.15) is 0 Å². The summed E-state index contributed by atoms with van der Waals surface area (Å²) >= 11 is 0. The summed E-state index contributed by atoms with van der Waals surface area (Å²) < 4.78 is 5.52. The van der Waals surface area contributed by atoms with Crippen molar-refractivity contribution in [1.82, 2.24) is 20.5 Å². The van der Waals surface area contributed by atoms with E-state index in [4.69, 9.17) is 9.73 Å². The average molecular weight is 378 g/mol. The Hall–Kier alpha value is -1.82. The number of aromatic nitrogens is 1. The van der Waals surface area contributed by atoms with Gasteiger partial charge >= 0.3 is 0 Å². The highest BCUT2D eigenvalue weighted by molar-refractivity contribution is 5.80. The first-order valence-electron chi connectivity index (χ1n) is 10.5. The Morgan fingerprint density at radius 2 is 2.00 bits per heavy atom. The van der Waals surface area contributed by atoms with Gasteiger partial charge in [0.15, 0.2) is 5.96 Å². The predicted molar refractivity (Wildman–Crippen MR) is 114 cm³/mol. The van der Waals surface area contributed by atoms with Gasteiger partial charge in [-0.1, -0.05) is 26.8 Å². The summed E-state index contributed by atoms with van der Waals surface area (Å²) in [4.78, 5) is 11.5. The van der Waals surface area contributed by atoms with Crippen molar-refractivity contribution in [3.63, 3.8) is 0 Å². The van der Waals surface area contributed by atoms with E-state index >= 15 is 0 Å². The second-order valence-corrected chi connectivity index (χ2v) is 6.76. The zero-order valence-corrected chi connectivity index (χ0v) is 17.9. The zero-order valence-electron chi connectivity index (χ0n) is 17.9. The van der Waals surface area contributed by atoms with Crippen molar-refractivity contribution in [2.75, 3.05) is 32.8 Å². The van der Waals surface area contributed by atoms with E-state index < -0.39 is 0 Å². The smallest absolute Gasteiger partial charge is 0.213 e. The molecule has 1 rings (SSSR count). The minimum Gasteiger partial charge on any atom is -0.478 e. The molecule has 1 heterocycles. The summed E-state index contributed by atoms with van der Waals surface area (Å²) in [6.45, 7) is 16.4. The third-order valence-corrected chi connectivity index (χ3v) is 4.40. The largest absolute Gasteiger partial charge is 0.478 e. The van der Waals surface area contributed by atoms with Crippen LogP contribution in [0.5, 0.6) is 5.88 Å². The first-order chi connectivity index (χ1) is 13.1. The molecule has 0 spiro atoms. The Bertz CT molecular complexity index is 514. The van der Waals surface area contributed by atoms with Gasteiger partial charge in [-0.2, -0.15) is 0 Å². The lowest BCUT2D eigenvalue weighted by molar-refractivity contribution is 0.292. The lowest BCUT2D eigenvalue weighted by Gasteiger charge is -2.21. The molecule has 1 unspecified atom stereocenters. The van der Waals surface area contributed by atoms with Gasteiger partial charge in [-0.05, 0) is 58.3 Å². The molecule has 0 bridgehead atoms. The maximum Gasteiger partial charge on any atom is 0.213 e. The molecular formula is C21H39N5O. The number of hydrogen-bond acceptors (Lipinski definition) is 4. The molecule has 0 aliphatic carbocycles. The molecule has 0 aliphatic heterocycles. The van der Waals surface area contributed by atoms with Crippen LogP contribution in [-0.4, -0.2) is 54.7 Å². The van der Waals surface area contributed by atoms with Crippen LogP contribution in [-0.2, 0) is 6.54 Å². The van der Waals surface area contributed by atoms with Crippen molar-refractivity contribution < 1.29 is 4.74 Å². The van der Waals surface area contributed by atoms with E-state index in [2.05, 4.69) is 55.1 Å².